The van der Waals surface area contributed by atoms with Crippen molar-refractivity contribution in [3.8, 4) is 11.1 Å². The number of nitrogens with one attached hydrogen (secondary N) is 3. The summed E-state index contributed by atoms with van der Waals surface area (Å²) in [4.78, 5) is 32.7. The Morgan fingerprint density at radius 1 is 1.02 bits per heavy atom. The lowest BCUT2D eigenvalue weighted by molar-refractivity contribution is 0.262. The second-order valence-electron chi connectivity index (χ2n) is 9.67. The Bertz CT molecular complexity index is 1650. The number of likely N-dealkylation sites (tertiary alicyclic amines) is 1. The van der Waals surface area contributed by atoms with E-state index in [1.165, 1.54) is 18.2 Å². The third kappa shape index (κ3) is 5.64. The van der Waals surface area contributed by atoms with Crippen LogP contribution in [-0.2, 0) is 13.1 Å². The molecule has 0 aliphatic carbocycles. The summed E-state index contributed by atoms with van der Waals surface area (Å²) in [5.74, 6) is -0.505. The number of carbonyl (C=O) groups is 1. The molecular weight excluding hydrogens is 538 g/mol. The molecule has 0 atom stereocenters. The summed E-state index contributed by atoms with van der Waals surface area (Å²) in [6, 6.07) is 9.42. The molecule has 3 N–H and O–H groups in total. The Labute approximate surface area is 235 Å². The standard InChI is InChI=1S/C29H29ClF2N6O2/c1-3-38-26-14-27(33-2)34-15-17(26)11-21(28(38)39)20-12-25(24(32)13-22(20)30)36-29(40)35-19-6-7-23(31)18(10-19)16-37-8-4-5-9-37/h6-7,10-15H,3-5,8-9,16H2,1-2H3,(H,33,34)(H2,35,36,40). The van der Waals surface area contributed by atoms with Crippen LogP contribution in [0.5, 0.6) is 0 Å². The molecule has 11 heteroatoms. The van der Waals surface area contributed by atoms with Crippen LogP contribution in [0.25, 0.3) is 22.0 Å². The Kier molecular flexibility index (Phi) is 7.99. The summed E-state index contributed by atoms with van der Waals surface area (Å²) in [7, 11) is 1.74. The fourth-order valence-corrected chi connectivity index (χ4v) is 5.26. The van der Waals surface area contributed by atoms with Crippen molar-refractivity contribution in [3.63, 3.8) is 0 Å². The predicted molar refractivity (Wildman–Crippen MR) is 155 cm³/mol. The molecule has 4 aromatic rings. The zero-order valence-electron chi connectivity index (χ0n) is 22.2. The minimum atomic E-state index is -0.769. The van der Waals surface area contributed by atoms with Crippen molar-refractivity contribution in [3.05, 3.63) is 81.2 Å². The molecule has 208 valence electrons. The maximum absolute atomic E-state index is 14.9. The first-order valence-corrected chi connectivity index (χ1v) is 13.4. The summed E-state index contributed by atoms with van der Waals surface area (Å²) < 4.78 is 30.8. The number of benzene rings is 2. The van der Waals surface area contributed by atoms with Gasteiger partial charge in [-0.3, -0.25) is 9.69 Å². The predicted octanol–water partition coefficient (Wildman–Crippen LogP) is 6.30. The van der Waals surface area contributed by atoms with Gasteiger partial charge in [-0.05, 0) is 69.3 Å². The molecule has 2 aromatic carbocycles. The number of hydrogen-bond acceptors (Lipinski definition) is 5. The van der Waals surface area contributed by atoms with Gasteiger partial charge in [-0.25, -0.2) is 18.6 Å². The summed E-state index contributed by atoms with van der Waals surface area (Å²) in [5.41, 5.74) is 1.56. The number of hydrogen-bond donors (Lipinski definition) is 3. The SMILES string of the molecule is CCn1c(=O)c(-c2cc(NC(=O)Nc3ccc(F)c(CN4CCCC4)c3)c(F)cc2Cl)cc2cnc(NC)cc21. The van der Waals surface area contributed by atoms with Crippen LogP contribution in [0.3, 0.4) is 0 Å². The van der Waals surface area contributed by atoms with Gasteiger partial charge in [-0.2, -0.15) is 0 Å². The monoisotopic (exact) mass is 566 g/mol. The van der Waals surface area contributed by atoms with Crippen molar-refractivity contribution in [2.24, 2.45) is 0 Å². The molecule has 1 fully saturated rings. The van der Waals surface area contributed by atoms with Crippen LogP contribution in [0.4, 0.5) is 30.8 Å². The van der Waals surface area contributed by atoms with Gasteiger partial charge >= 0.3 is 6.03 Å². The maximum atomic E-state index is 14.9. The highest BCUT2D eigenvalue weighted by molar-refractivity contribution is 6.33. The van der Waals surface area contributed by atoms with Gasteiger partial charge in [0.25, 0.3) is 5.56 Å². The van der Waals surface area contributed by atoms with E-state index in [1.54, 1.807) is 36.0 Å². The van der Waals surface area contributed by atoms with Crippen LogP contribution in [0.2, 0.25) is 5.02 Å². The largest absolute Gasteiger partial charge is 0.373 e. The van der Waals surface area contributed by atoms with E-state index in [-0.39, 0.29) is 33.2 Å². The minimum Gasteiger partial charge on any atom is -0.373 e. The molecule has 3 heterocycles. The second kappa shape index (κ2) is 11.6. The quantitative estimate of drug-likeness (QED) is 0.244. The van der Waals surface area contributed by atoms with Crippen LogP contribution in [0.15, 0.2) is 53.5 Å². The summed E-state index contributed by atoms with van der Waals surface area (Å²) in [5, 5.41) is 8.80. The highest BCUT2D eigenvalue weighted by Gasteiger charge is 2.19. The Morgan fingerprint density at radius 3 is 2.52 bits per heavy atom. The lowest BCUT2D eigenvalue weighted by atomic mass is 10.0. The Hall–Kier alpha value is -4.02. The van der Waals surface area contributed by atoms with Crippen LogP contribution in [-0.4, -0.2) is 40.6 Å². The summed E-state index contributed by atoms with van der Waals surface area (Å²) >= 11 is 6.39. The molecule has 2 amide bonds. The number of amides is 2. The van der Waals surface area contributed by atoms with E-state index in [0.717, 1.165) is 32.0 Å². The van der Waals surface area contributed by atoms with Crippen LogP contribution in [0, 0.1) is 11.6 Å². The number of pyridine rings is 2. The van der Waals surface area contributed by atoms with Gasteiger partial charge < -0.3 is 20.5 Å². The van der Waals surface area contributed by atoms with E-state index < -0.39 is 11.8 Å². The zero-order valence-corrected chi connectivity index (χ0v) is 22.9. The number of fused-ring (bicyclic) bond motifs is 1. The van der Waals surface area contributed by atoms with E-state index >= 15 is 0 Å². The lowest BCUT2D eigenvalue weighted by Crippen LogP contribution is -2.23. The number of anilines is 3. The Balaban J connectivity index is 1.43. The second-order valence-corrected chi connectivity index (χ2v) is 10.1. The third-order valence-corrected chi connectivity index (χ3v) is 7.35. The molecule has 1 aliphatic rings. The molecule has 0 bridgehead atoms. The first kappa shape index (κ1) is 27.5. The van der Waals surface area contributed by atoms with E-state index in [2.05, 4.69) is 25.8 Å². The van der Waals surface area contributed by atoms with Crippen molar-refractivity contribution >= 4 is 45.7 Å². The third-order valence-electron chi connectivity index (χ3n) is 7.04. The van der Waals surface area contributed by atoms with Gasteiger partial charge in [0.15, 0.2) is 0 Å². The normalized spacial score (nSPS) is 13.5. The van der Waals surface area contributed by atoms with E-state index in [9.17, 15) is 18.4 Å². The average Bonchev–Trinajstić information content (AvgIpc) is 3.45. The van der Waals surface area contributed by atoms with E-state index in [0.29, 0.717) is 41.1 Å². The fraction of sp³-hybridized carbons (Fsp3) is 0.276. The van der Waals surface area contributed by atoms with Gasteiger partial charge in [-0.1, -0.05) is 11.6 Å². The number of aromatic nitrogens is 2. The molecular formula is C29H29ClF2N6O2. The summed E-state index contributed by atoms with van der Waals surface area (Å²) in [6.07, 6.45) is 3.80. The first-order chi connectivity index (χ1) is 19.3. The molecule has 8 nitrogen and oxygen atoms in total. The zero-order chi connectivity index (χ0) is 28.4. The fourth-order valence-electron chi connectivity index (χ4n) is 5.01. The van der Waals surface area contributed by atoms with Crippen LogP contribution >= 0.6 is 11.6 Å². The van der Waals surface area contributed by atoms with Crippen LogP contribution < -0.4 is 21.5 Å². The van der Waals surface area contributed by atoms with Gasteiger partial charge in [-0.15, -0.1) is 0 Å². The molecule has 1 saturated heterocycles. The van der Waals surface area contributed by atoms with Crippen molar-refractivity contribution < 1.29 is 13.6 Å². The smallest absolute Gasteiger partial charge is 0.323 e. The number of rotatable bonds is 7. The number of halogens is 3. The number of carbonyl (C=O) groups excluding carboxylic acids is 1. The number of nitrogens with zero attached hydrogens (tertiary/aromatic N) is 3. The molecule has 0 unspecified atom stereocenters. The molecule has 0 spiro atoms. The molecule has 0 saturated carbocycles. The lowest BCUT2D eigenvalue weighted by Gasteiger charge is -2.16. The molecule has 0 radical (unpaired) electrons. The minimum absolute atomic E-state index is 0.0208. The van der Waals surface area contributed by atoms with Crippen molar-refractivity contribution in [1.82, 2.24) is 14.5 Å². The van der Waals surface area contributed by atoms with Gasteiger partial charge in [0.05, 0.1) is 16.2 Å². The summed E-state index contributed by atoms with van der Waals surface area (Å²) in [6.45, 7) is 4.50. The highest BCUT2D eigenvalue weighted by atomic mass is 35.5. The van der Waals surface area contributed by atoms with Crippen molar-refractivity contribution in [2.75, 3.05) is 36.1 Å². The Morgan fingerprint density at radius 2 is 1.80 bits per heavy atom. The molecule has 2 aromatic heterocycles. The van der Waals surface area contributed by atoms with Gasteiger partial charge in [0, 0.05) is 60.2 Å². The average molecular weight is 567 g/mol. The van der Waals surface area contributed by atoms with Gasteiger partial charge in [0.2, 0.25) is 0 Å². The van der Waals surface area contributed by atoms with Crippen LogP contribution in [0.1, 0.15) is 25.3 Å². The number of urea groups is 1. The molecule has 1 aliphatic heterocycles. The van der Waals surface area contributed by atoms with E-state index in [4.69, 9.17) is 11.6 Å². The molecule has 5 rings (SSSR count). The maximum Gasteiger partial charge on any atom is 0.323 e. The highest BCUT2D eigenvalue weighted by Crippen LogP contribution is 2.33. The molecule has 40 heavy (non-hydrogen) atoms. The van der Waals surface area contributed by atoms with Gasteiger partial charge in [0.1, 0.15) is 17.5 Å². The van der Waals surface area contributed by atoms with E-state index in [1.807, 2.05) is 6.92 Å². The first-order valence-electron chi connectivity index (χ1n) is 13.1. The number of aryl methyl sites for hydroxylation is 1. The topological polar surface area (TPSA) is 91.3 Å². The van der Waals surface area contributed by atoms with Crippen molar-refractivity contribution in [1.29, 1.82) is 0 Å². The van der Waals surface area contributed by atoms with Crippen molar-refractivity contribution in [2.45, 2.75) is 32.9 Å².